The lowest BCUT2D eigenvalue weighted by molar-refractivity contribution is -0.955. The van der Waals surface area contributed by atoms with Gasteiger partial charge in [-0.15, -0.1) is 0 Å². The topological polar surface area (TPSA) is 77.0 Å². The van der Waals surface area contributed by atoms with Crippen molar-refractivity contribution in [3.05, 3.63) is 34.4 Å². The van der Waals surface area contributed by atoms with Gasteiger partial charge in [-0.1, -0.05) is 12.8 Å². The highest BCUT2D eigenvalue weighted by molar-refractivity contribution is 5.35. The molecule has 158 valence electrons. The van der Waals surface area contributed by atoms with Crippen molar-refractivity contribution in [3.63, 3.8) is 0 Å². The van der Waals surface area contributed by atoms with Crippen LogP contribution in [-0.2, 0) is 0 Å². The predicted octanol–water partition coefficient (Wildman–Crippen LogP) is -0.111. The Balaban J connectivity index is 0.00000280. The molecule has 0 spiro atoms. The van der Waals surface area contributed by atoms with Crippen molar-refractivity contribution < 1.29 is 32.1 Å². The molecule has 2 aliphatic rings. The van der Waals surface area contributed by atoms with Crippen LogP contribution in [0.3, 0.4) is 0 Å². The Morgan fingerprint density at radius 3 is 1.96 bits per heavy atom. The molecule has 0 aliphatic heterocycles. The van der Waals surface area contributed by atoms with Crippen molar-refractivity contribution in [2.75, 3.05) is 13.2 Å². The SMILES string of the molecule is O=[N+]([O-])c1ccc(OCC(O)C[NH+](C2CCCCC2)C2CCCCC2)cc1.[Cl-]. The number of non-ortho nitro benzene ring substituents is 1. The number of nitro groups is 1. The minimum atomic E-state index is -0.515. The summed E-state index contributed by atoms with van der Waals surface area (Å²) in [5.74, 6) is 0.566. The lowest BCUT2D eigenvalue weighted by atomic mass is 9.88. The highest BCUT2D eigenvalue weighted by Gasteiger charge is 2.33. The molecule has 1 aromatic rings. The molecule has 3 rings (SSSR count). The molecule has 0 heterocycles. The Morgan fingerprint density at radius 2 is 1.50 bits per heavy atom. The lowest BCUT2D eigenvalue weighted by Crippen LogP contribution is -3.20. The third kappa shape index (κ3) is 6.61. The van der Waals surface area contributed by atoms with Gasteiger partial charge >= 0.3 is 0 Å². The number of halogens is 1. The molecule has 1 aromatic carbocycles. The van der Waals surface area contributed by atoms with Crippen molar-refractivity contribution in [1.29, 1.82) is 0 Å². The molecule has 0 radical (unpaired) electrons. The molecule has 6 nitrogen and oxygen atoms in total. The molecule has 0 bridgehead atoms. The van der Waals surface area contributed by atoms with E-state index in [1.54, 1.807) is 17.0 Å². The quantitative estimate of drug-likeness (QED) is 0.461. The maximum absolute atomic E-state index is 10.7. The van der Waals surface area contributed by atoms with Gasteiger partial charge in [-0.25, -0.2) is 0 Å². The first-order valence-corrected chi connectivity index (χ1v) is 10.5. The van der Waals surface area contributed by atoms with Crippen LogP contribution in [0.1, 0.15) is 64.2 Å². The molecule has 0 aromatic heterocycles. The van der Waals surface area contributed by atoms with E-state index < -0.39 is 11.0 Å². The normalized spacial score (nSPS) is 19.8. The van der Waals surface area contributed by atoms with Gasteiger partial charge in [0, 0.05) is 12.1 Å². The van der Waals surface area contributed by atoms with Crippen LogP contribution in [0.15, 0.2) is 24.3 Å². The monoisotopic (exact) mass is 412 g/mol. The Labute approximate surface area is 173 Å². The molecular formula is C21H33ClN2O4. The van der Waals surface area contributed by atoms with Crippen LogP contribution in [0, 0.1) is 10.1 Å². The van der Waals surface area contributed by atoms with Crippen molar-refractivity contribution in [2.45, 2.75) is 82.4 Å². The summed E-state index contributed by atoms with van der Waals surface area (Å²) in [5.41, 5.74) is 0.0492. The highest BCUT2D eigenvalue weighted by atomic mass is 35.5. The van der Waals surface area contributed by atoms with E-state index in [1.165, 1.54) is 76.3 Å². The first kappa shape index (κ1) is 22.9. The number of nitrogens with zero attached hydrogens (tertiary/aromatic N) is 1. The summed E-state index contributed by atoms with van der Waals surface area (Å²) >= 11 is 0. The summed E-state index contributed by atoms with van der Waals surface area (Å²) in [4.78, 5) is 11.9. The number of ether oxygens (including phenoxy) is 1. The molecule has 0 saturated heterocycles. The fraction of sp³-hybridized carbons (Fsp3) is 0.714. The summed E-state index contributed by atoms with van der Waals surface area (Å²) in [6, 6.07) is 7.41. The maximum Gasteiger partial charge on any atom is 0.269 e. The molecule has 2 saturated carbocycles. The van der Waals surface area contributed by atoms with Gasteiger partial charge < -0.3 is 27.2 Å². The predicted molar refractivity (Wildman–Crippen MR) is 104 cm³/mol. The molecule has 1 atom stereocenters. The number of nitro benzene ring substituents is 1. The van der Waals surface area contributed by atoms with Crippen LogP contribution in [0.4, 0.5) is 5.69 Å². The van der Waals surface area contributed by atoms with Gasteiger partial charge in [-0.3, -0.25) is 10.1 Å². The van der Waals surface area contributed by atoms with Crippen molar-refractivity contribution >= 4 is 5.69 Å². The summed E-state index contributed by atoms with van der Waals surface area (Å²) in [5, 5.41) is 21.4. The van der Waals surface area contributed by atoms with E-state index in [-0.39, 0.29) is 24.7 Å². The molecule has 2 aliphatic carbocycles. The van der Waals surface area contributed by atoms with Gasteiger partial charge in [-0.2, -0.15) is 0 Å². The summed E-state index contributed by atoms with van der Waals surface area (Å²) in [6.07, 6.45) is 12.6. The smallest absolute Gasteiger partial charge is 0.269 e. The van der Waals surface area contributed by atoms with Crippen LogP contribution in [0.5, 0.6) is 5.75 Å². The third-order valence-corrected chi connectivity index (χ3v) is 6.22. The van der Waals surface area contributed by atoms with E-state index >= 15 is 0 Å². The zero-order chi connectivity index (χ0) is 19.1. The second-order valence-corrected chi connectivity index (χ2v) is 8.16. The van der Waals surface area contributed by atoms with Crippen molar-refractivity contribution in [3.8, 4) is 5.75 Å². The van der Waals surface area contributed by atoms with Gasteiger partial charge in [0.1, 0.15) is 25.0 Å². The number of quaternary nitrogens is 1. The summed E-state index contributed by atoms with van der Waals surface area (Å²) in [7, 11) is 0. The Kier molecular flexibility index (Phi) is 9.48. The zero-order valence-electron chi connectivity index (χ0n) is 16.5. The fourth-order valence-corrected chi connectivity index (χ4v) is 4.80. The Morgan fingerprint density at radius 1 is 1.00 bits per heavy atom. The first-order chi connectivity index (χ1) is 13.1. The van der Waals surface area contributed by atoms with Crippen LogP contribution in [0.25, 0.3) is 0 Å². The van der Waals surface area contributed by atoms with Gasteiger partial charge in [0.25, 0.3) is 5.69 Å². The van der Waals surface area contributed by atoms with E-state index in [1.807, 2.05) is 0 Å². The molecule has 7 heteroatoms. The number of rotatable bonds is 8. The number of aliphatic hydroxyl groups excluding tert-OH is 1. The zero-order valence-corrected chi connectivity index (χ0v) is 17.3. The van der Waals surface area contributed by atoms with Crippen molar-refractivity contribution in [1.82, 2.24) is 0 Å². The minimum Gasteiger partial charge on any atom is -1.00 e. The van der Waals surface area contributed by atoms with Crippen LogP contribution in [-0.4, -0.2) is 41.4 Å². The van der Waals surface area contributed by atoms with Gasteiger partial charge in [0.05, 0.1) is 17.0 Å². The molecule has 2 N–H and O–H groups in total. The Hall–Kier alpha value is -1.37. The van der Waals surface area contributed by atoms with Gasteiger partial charge in [0.15, 0.2) is 0 Å². The van der Waals surface area contributed by atoms with E-state index in [9.17, 15) is 15.2 Å². The van der Waals surface area contributed by atoms with Crippen LogP contribution in [0.2, 0.25) is 0 Å². The van der Waals surface area contributed by atoms with Gasteiger partial charge in [0.2, 0.25) is 0 Å². The minimum absolute atomic E-state index is 0. The molecule has 2 fully saturated rings. The van der Waals surface area contributed by atoms with E-state index in [2.05, 4.69) is 0 Å². The largest absolute Gasteiger partial charge is 1.00 e. The molecule has 28 heavy (non-hydrogen) atoms. The average molecular weight is 413 g/mol. The molecular weight excluding hydrogens is 380 g/mol. The number of benzene rings is 1. The standard InChI is InChI=1S/C21H32N2O4.ClH/c24-20(16-27-21-13-11-19(12-14-21)23(25)26)15-22(17-7-3-1-4-8-17)18-9-5-2-6-10-18;/h11-14,17-18,20,24H,1-10,15-16H2;1H. The maximum atomic E-state index is 10.7. The lowest BCUT2D eigenvalue weighted by Gasteiger charge is -2.39. The molecule has 0 amide bonds. The second kappa shape index (κ2) is 11.6. The summed E-state index contributed by atoms with van der Waals surface area (Å²) in [6.45, 7) is 0.975. The van der Waals surface area contributed by atoms with Crippen LogP contribution >= 0.6 is 0 Å². The van der Waals surface area contributed by atoms with E-state index in [0.29, 0.717) is 17.8 Å². The third-order valence-electron chi connectivity index (χ3n) is 6.22. The highest BCUT2D eigenvalue weighted by Crippen LogP contribution is 2.20. The molecule has 1 unspecified atom stereocenters. The number of nitrogens with one attached hydrogen (secondary N) is 1. The second-order valence-electron chi connectivity index (χ2n) is 8.16. The van der Waals surface area contributed by atoms with Crippen LogP contribution < -0.4 is 22.0 Å². The average Bonchev–Trinajstić information content (AvgIpc) is 2.72. The van der Waals surface area contributed by atoms with Crippen molar-refractivity contribution in [2.24, 2.45) is 0 Å². The summed E-state index contributed by atoms with van der Waals surface area (Å²) < 4.78 is 5.69. The van der Waals surface area contributed by atoms with E-state index in [4.69, 9.17) is 4.74 Å². The first-order valence-electron chi connectivity index (χ1n) is 10.5. The number of aliphatic hydroxyl groups is 1. The number of hydrogen-bond acceptors (Lipinski definition) is 4. The number of hydrogen-bond donors (Lipinski definition) is 2. The van der Waals surface area contributed by atoms with Gasteiger partial charge in [-0.05, 0) is 63.5 Å². The van der Waals surface area contributed by atoms with E-state index in [0.717, 1.165) is 6.54 Å². The Bertz CT molecular complexity index is 569. The fourth-order valence-electron chi connectivity index (χ4n) is 4.80.